The number of hydrogen-bond acceptors (Lipinski definition) is 6. The Morgan fingerprint density at radius 1 is 1.25 bits per heavy atom. The number of thiophene rings is 1. The molecule has 3 heterocycles. The van der Waals surface area contributed by atoms with E-state index < -0.39 is 0 Å². The third kappa shape index (κ3) is 6.53. The van der Waals surface area contributed by atoms with Crippen molar-refractivity contribution in [3.8, 4) is 11.5 Å². The molecule has 0 bridgehead atoms. The van der Waals surface area contributed by atoms with Gasteiger partial charge in [-0.1, -0.05) is 24.3 Å². The standard InChI is InChI=1S/C23H29N5O2S.HI/c1-17-15-28(10-11-29-17)20(21-9-6-12-31-21)14-26-23(24-2)25-13-19-16-30-22(27-19)18-7-4-3-5-8-18;/h3-9,12,16-17,20H,10-11,13-15H2,1-2H3,(H2,24,25,26);1H. The summed E-state index contributed by atoms with van der Waals surface area (Å²) in [5, 5.41) is 8.96. The van der Waals surface area contributed by atoms with Crippen LogP contribution in [0.15, 0.2) is 63.5 Å². The molecular formula is C23H30IN5O2S. The fourth-order valence-electron chi connectivity index (χ4n) is 3.71. The van der Waals surface area contributed by atoms with Gasteiger partial charge in [0.25, 0.3) is 0 Å². The van der Waals surface area contributed by atoms with Gasteiger partial charge in [0.1, 0.15) is 6.26 Å². The van der Waals surface area contributed by atoms with Gasteiger partial charge >= 0.3 is 0 Å². The number of aliphatic imine (C=N–C) groups is 1. The molecule has 4 rings (SSSR count). The van der Waals surface area contributed by atoms with E-state index in [1.165, 1.54) is 4.88 Å². The van der Waals surface area contributed by atoms with Crippen LogP contribution in [0.4, 0.5) is 0 Å². The van der Waals surface area contributed by atoms with Gasteiger partial charge in [-0.15, -0.1) is 35.3 Å². The number of oxazole rings is 1. The third-order valence-corrected chi connectivity index (χ3v) is 6.25. The summed E-state index contributed by atoms with van der Waals surface area (Å²) in [5.41, 5.74) is 1.80. The van der Waals surface area contributed by atoms with E-state index in [9.17, 15) is 0 Å². The Kier molecular flexibility index (Phi) is 9.51. The van der Waals surface area contributed by atoms with Crippen molar-refractivity contribution in [2.24, 2.45) is 4.99 Å². The Hall–Kier alpha value is -1.95. The van der Waals surface area contributed by atoms with Gasteiger partial charge in [-0.2, -0.15) is 0 Å². The van der Waals surface area contributed by atoms with Gasteiger partial charge in [0.2, 0.25) is 5.89 Å². The number of ether oxygens (including phenoxy) is 1. The first-order chi connectivity index (χ1) is 15.2. The molecule has 2 atom stereocenters. The van der Waals surface area contributed by atoms with Crippen LogP contribution in [-0.2, 0) is 11.3 Å². The predicted octanol–water partition coefficient (Wildman–Crippen LogP) is 4.15. The lowest BCUT2D eigenvalue weighted by Crippen LogP contribution is -2.47. The van der Waals surface area contributed by atoms with Gasteiger partial charge in [-0.3, -0.25) is 9.89 Å². The van der Waals surface area contributed by atoms with E-state index >= 15 is 0 Å². The minimum absolute atomic E-state index is 0. The van der Waals surface area contributed by atoms with Crippen molar-refractivity contribution in [2.45, 2.75) is 25.6 Å². The molecule has 0 aliphatic carbocycles. The summed E-state index contributed by atoms with van der Waals surface area (Å²) >= 11 is 1.79. The summed E-state index contributed by atoms with van der Waals surface area (Å²) in [6, 6.07) is 14.5. The Balaban J connectivity index is 0.00000289. The van der Waals surface area contributed by atoms with Gasteiger partial charge in [0, 0.05) is 37.1 Å². The molecule has 2 N–H and O–H groups in total. The van der Waals surface area contributed by atoms with E-state index in [-0.39, 0.29) is 36.1 Å². The zero-order chi connectivity index (χ0) is 21.5. The lowest BCUT2D eigenvalue weighted by atomic mass is 10.1. The highest BCUT2D eigenvalue weighted by molar-refractivity contribution is 14.0. The Labute approximate surface area is 210 Å². The molecule has 172 valence electrons. The summed E-state index contributed by atoms with van der Waals surface area (Å²) < 4.78 is 11.4. The molecule has 2 unspecified atom stereocenters. The smallest absolute Gasteiger partial charge is 0.226 e. The number of nitrogens with one attached hydrogen (secondary N) is 2. The number of halogens is 1. The van der Waals surface area contributed by atoms with Crippen molar-refractivity contribution in [3.63, 3.8) is 0 Å². The van der Waals surface area contributed by atoms with Gasteiger partial charge < -0.3 is 19.8 Å². The van der Waals surface area contributed by atoms with Crippen LogP contribution in [0.25, 0.3) is 11.5 Å². The fraction of sp³-hybridized carbons (Fsp3) is 0.391. The highest BCUT2D eigenvalue weighted by Crippen LogP contribution is 2.26. The third-order valence-electron chi connectivity index (χ3n) is 5.28. The van der Waals surface area contributed by atoms with E-state index in [1.54, 1.807) is 24.6 Å². The van der Waals surface area contributed by atoms with Gasteiger partial charge in [-0.25, -0.2) is 4.98 Å². The summed E-state index contributed by atoms with van der Waals surface area (Å²) in [6.45, 7) is 6.06. The van der Waals surface area contributed by atoms with Crippen molar-refractivity contribution in [3.05, 3.63) is 64.7 Å². The van der Waals surface area contributed by atoms with Crippen molar-refractivity contribution < 1.29 is 9.15 Å². The van der Waals surface area contributed by atoms with E-state index in [2.05, 4.69) is 49.9 Å². The second-order valence-corrected chi connectivity index (χ2v) is 8.50. The van der Waals surface area contributed by atoms with Crippen molar-refractivity contribution in [1.29, 1.82) is 0 Å². The molecule has 0 radical (unpaired) electrons. The normalized spacial score (nSPS) is 18.1. The number of guanidine groups is 1. The highest BCUT2D eigenvalue weighted by Gasteiger charge is 2.26. The van der Waals surface area contributed by atoms with Crippen LogP contribution in [0, 0.1) is 0 Å². The number of hydrogen-bond donors (Lipinski definition) is 2. The van der Waals surface area contributed by atoms with Crippen molar-refractivity contribution in [2.75, 3.05) is 33.3 Å². The molecule has 9 heteroatoms. The molecule has 1 fully saturated rings. The topological polar surface area (TPSA) is 74.9 Å². The molecule has 7 nitrogen and oxygen atoms in total. The van der Waals surface area contributed by atoms with Crippen molar-refractivity contribution in [1.82, 2.24) is 20.5 Å². The number of rotatable bonds is 7. The van der Waals surface area contributed by atoms with Crippen LogP contribution >= 0.6 is 35.3 Å². The first-order valence-corrected chi connectivity index (χ1v) is 11.4. The number of benzene rings is 1. The maximum atomic E-state index is 5.73. The second-order valence-electron chi connectivity index (χ2n) is 7.52. The molecule has 0 saturated carbocycles. The molecule has 1 saturated heterocycles. The Bertz CT molecular complexity index is 964. The molecule has 32 heavy (non-hydrogen) atoms. The summed E-state index contributed by atoms with van der Waals surface area (Å²) in [4.78, 5) is 12.8. The highest BCUT2D eigenvalue weighted by atomic mass is 127. The molecule has 3 aromatic rings. The largest absolute Gasteiger partial charge is 0.444 e. The SMILES string of the molecule is CN=C(NCc1coc(-c2ccccc2)n1)NCC(c1cccs1)N1CCOC(C)C1.I. The van der Waals surface area contributed by atoms with Gasteiger partial charge in [0.05, 0.1) is 31.0 Å². The average Bonchev–Trinajstić information content (AvgIpc) is 3.49. The minimum atomic E-state index is 0. The predicted molar refractivity (Wildman–Crippen MR) is 140 cm³/mol. The second kappa shape index (κ2) is 12.3. The van der Waals surface area contributed by atoms with Crippen LogP contribution in [0.2, 0.25) is 0 Å². The van der Waals surface area contributed by atoms with Crippen LogP contribution < -0.4 is 10.6 Å². The summed E-state index contributed by atoms with van der Waals surface area (Å²) in [5.74, 6) is 1.37. The number of nitrogens with zero attached hydrogens (tertiary/aromatic N) is 3. The van der Waals surface area contributed by atoms with E-state index in [0.29, 0.717) is 12.4 Å². The molecule has 0 spiro atoms. The Morgan fingerprint density at radius 3 is 2.81 bits per heavy atom. The van der Waals surface area contributed by atoms with E-state index in [4.69, 9.17) is 9.15 Å². The number of morpholine rings is 1. The minimum Gasteiger partial charge on any atom is -0.444 e. The molecule has 1 aliphatic rings. The van der Waals surface area contributed by atoms with Crippen molar-refractivity contribution >= 4 is 41.3 Å². The number of aromatic nitrogens is 1. The van der Waals surface area contributed by atoms with E-state index in [0.717, 1.165) is 43.5 Å². The Morgan fingerprint density at radius 2 is 2.09 bits per heavy atom. The first kappa shape index (κ1) is 24.7. The molecule has 1 aliphatic heterocycles. The van der Waals surface area contributed by atoms with Crippen LogP contribution in [-0.4, -0.2) is 55.2 Å². The average molecular weight is 567 g/mol. The molecular weight excluding hydrogens is 537 g/mol. The fourth-order valence-corrected chi connectivity index (χ4v) is 4.57. The quantitative estimate of drug-likeness (QED) is 0.254. The maximum Gasteiger partial charge on any atom is 0.226 e. The van der Waals surface area contributed by atoms with Crippen LogP contribution in [0.1, 0.15) is 23.5 Å². The zero-order valence-corrected chi connectivity index (χ0v) is 21.5. The van der Waals surface area contributed by atoms with Gasteiger partial charge in [-0.05, 0) is 30.5 Å². The summed E-state index contributed by atoms with van der Waals surface area (Å²) in [7, 11) is 1.78. The molecule has 2 aromatic heterocycles. The monoisotopic (exact) mass is 567 g/mol. The summed E-state index contributed by atoms with van der Waals surface area (Å²) in [6.07, 6.45) is 1.94. The first-order valence-electron chi connectivity index (χ1n) is 10.6. The molecule has 0 amide bonds. The van der Waals surface area contributed by atoms with Crippen LogP contribution in [0.5, 0.6) is 0 Å². The van der Waals surface area contributed by atoms with E-state index in [1.807, 2.05) is 30.3 Å². The van der Waals surface area contributed by atoms with Gasteiger partial charge in [0.15, 0.2) is 5.96 Å². The zero-order valence-electron chi connectivity index (χ0n) is 18.4. The lowest BCUT2D eigenvalue weighted by Gasteiger charge is -2.37. The van der Waals surface area contributed by atoms with Crippen LogP contribution in [0.3, 0.4) is 0 Å². The lowest BCUT2D eigenvalue weighted by molar-refractivity contribution is -0.0334. The molecule has 1 aromatic carbocycles. The maximum absolute atomic E-state index is 5.73.